The molecule has 2 aliphatic heterocycles. The average molecular weight is 364 g/mol. The zero-order valence-corrected chi connectivity index (χ0v) is 14.8. The van der Waals surface area contributed by atoms with Crippen molar-refractivity contribution in [1.82, 2.24) is 14.9 Å². The zero-order valence-electron chi connectivity index (χ0n) is 14.8. The van der Waals surface area contributed by atoms with E-state index in [1.807, 2.05) is 29.3 Å². The summed E-state index contributed by atoms with van der Waals surface area (Å²) in [6.07, 6.45) is 5.63. The number of nitrogens with one attached hydrogen (secondary N) is 1. The van der Waals surface area contributed by atoms with Gasteiger partial charge in [0.2, 0.25) is 12.3 Å². The maximum atomic E-state index is 12.1. The second kappa shape index (κ2) is 5.98. The van der Waals surface area contributed by atoms with Gasteiger partial charge >= 0.3 is 0 Å². The standard InChI is InChI=1S/C19H20N6O2/c20-5-3-18(27)24-10-13-7-14(24)9-23(13)16-8-17(25(11-26)12-1-2-12)22-19-15(16)4-6-21-19/h4,6,8,11-14H,1-3,7,9-10H2,(H,21,22)/t13-,14-/m1/s1. The van der Waals surface area contributed by atoms with Gasteiger partial charge in [-0.3, -0.25) is 14.5 Å². The molecule has 1 aliphatic carbocycles. The van der Waals surface area contributed by atoms with Crippen molar-refractivity contribution in [3.8, 4) is 6.07 Å². The minimum atomic E-state index is -0.0762. The van der Waals surface area contributed by atoms with Crippen LogP contribution in [0.2, 0.25) is 0 Å². The van der Waals surface area contributed by atoms with Crippen molar-refractivity contribution >= 4 is 34.9 Å². The number of nitriles is 1. The van der Waals surface area contributed by atoms with E-state index in [-0.39, 0.29) is 30.5 Å². The molecule has 2 aromatic heterocycles. The second-order valence-corrected chi connectivity index (χ2v) is 7.56. The van der Waals surface area contributed by atoms with Gasteiger partial charge in [0, 0.05) is 42.8 Å². The van der Waals surface area contributed by atoms with Crippen LogP contribution >= 0.6 is 0 Å². The molecule has 0 radical (unpaired) electrons. The van der Waals surface area contributed by atoms with Gasteiger partial charge in [0.1, 0.15) is 17.9 Å². The van der Waals surface area contributed by atoms with Crippen LogP contribution < -0.4 is 9.80 Å². The van der Waals surface area contributed by atoms with E-state index in [2.05, 4.69) is 14.9 Å². The van der Waals surface area contributed by atoms with Gasteiger partial charge in [0.25, 0.3) is 0 Å². The minimum Gasteiger partial charge on any atom is -0.364 e. The van der Waals surface area contributed by atoms with Crippen LogP contribution in [0.4, 0.5) is 11.5 Å². The van der Waals surface area contributed by atoms with Crippen LogP contribution in [0, 0.1) is 11.3 Å². The lowest BCUT2D eigenvalue weighted by Gasteiger charge is -2.36. The summed E-state index contributed by atoms with van der Waals surface area (Å²) in [5.74, 6) is 0.602. The SMILES string of the molecule is N#CCC(=O)N1C[C@H]2C[C@@H]1CN2c1cc(N(C=O)C2CC2)nc2[nH]ccc12. The fourth-order valence-corrected chi connectivity index (χ4v) is 4.49. The van der Waals surface area contributed by atoms with Gasteiger partial charge in [-0.1, -0.05) is 0 Å². The van der Waals surface area contributed by atoms with Gasteiger partial charge in [-0.05, 0) is 25.3 Å². The second-order valence-electron chi connectivity index (χ2n) is 7.56. The number of aromatic amines is 1. The number of rotatable bonds is 5. The Morgan fingerprint density at radius 3 is 2.93 bits per heavy atom. The van der Waals surface area contributed by atoms with Crippen LogP contribution in [0.5, 0.6) is 0 Å². The minimum absolute atomic E-state index is 0.0552. The number of H-pyrrole nitrogens is 1. The number of carbonyl (C=O) groups excluding carboxylic acids is 2. The van der Waals surface area contributed by atoms with Crippen LogP contribution in [0.15, 0.2) is 18.3 Å². The van der Waals surface area contributed by atoms with Gasteiger partial charge in [0.15, 0.2) is 0 Å². The molecular formula is C19H20N6O2. The molecule has 1 N–H and O–H groups in total. The molecule has 0 aromatic carbocycles. The highest BCUT2D eigenvalue weighted by Gasteiger charge is 2.45. The van der Waals surface area contributed by atoms with E-state index in [0.717, 1.165) is 48.9 Å². The Kier molecular flexibility index (Phi) is 3.57. The molecule has 2 saturated heterocycles. The molecule has 8 nitrogen and oxygen atoms in total. The number of hydrogen-bond acceptors (Lipinski definition) is 5. The normalized spacial score (nSPS) is 23.7. The third kappa shape index (κ3) is 2.53. The molecule has 2 aromatic rings. The van der Waals surface area contributed by atoms with E-state index < -0.39 is 0 Å². The molecule has 1 saturated carbocycles. The molecular weight excluding hydrogens is 344 g/mol. The quantitative estimate of drug-likeness (QED) is 0.809. The van der Waals surface area contributed by atoms with Gasteiger partial charge in [0.05, 0.1) is 17.8 Å². The van der Waals surface area contributed by atoms with Crippen molar-refractivity contribution in [2.45, 2.75) is 43.8 Å². The number of likely N-dealkylation sites (tertiary alicyclic amines) is 1. The summed E-state index contributed by atoms with van der Waals surface area (Å²) in [6.45, 7) is 1.39. The van der Waals surface area contributed by atoms with E-state index >= 15 is 0 Å². The lowest BCUT2D eigenvalue weighted by Crippen LogP contribution is -2.48. The van der Waals surface area contributed by atoms with Crippen LogP contribution in [0.1, 0.15) is 25.7 Å². The molecule has 138 valence electrons. The van der Waals surface area contributed by atoms with E-state index in [4.69, 9.17) is 5.26 Å². The van der Waals surface area contributed by atoms with Gasteiger partial charge in [-0.2, -0.15) is 5.26 Å². The first-order chi connectivity index (χ1) is 13.2. The first-order valence-electron chi connectivity index (χ1n) is 9.34. The molecule has 2 bridgehead atoms. The van der Waals surface area contributed by atoms with E-state index in [1.165, 1.54) is 0 Å². The van der Waals surface area contributed by atoms with Crippen molar-refractivity contribution in [3.63, 3.8) is 0 Å². The summed E-state index contributed by atoms with van der Waals surface area (Å²) in [6, 6.07) is 6.60. The van der Waals surface area contributed by atoms with Crippen LogP contribution in [0.3, 0.4) is 0 Å². The first kappa shape index (κ1) is 16.1. The highest BCUT2D eigenvalue weighted by molar-refractivity contribution is 5.94. The molecule has 0 spiro atoms. The number of carbonyl (C=O) groups is 2. The van der Waals surface area contributed by atoms with Crippen LogP contribution in [0.25, 0.3) is 11.0 Å². The van der Waals surface area contributed by atoms with Crippen molar-refractivity contribution in [2.24, 2.45) is 0 Å². The Morgan fingerprint density at radius 1 is 1.41 bits per heavy atom. The number of fused-ring (bicyclic) bond motifs is 3. The van der Waals surface area contributed by atoms with E-state index in [9.17, 15) is 9.59 Å². The summed E-state index contributed by atoms with van der Waals surface area (Å²) in [7, 11) is 0. The number of anilines is 2. The Morgan fingerprint density at radius 2 is 2.26 bits per heavy atom. The number of hydrogen-bond donors (Lipinski definition) is 1. The fourth-order valence-electron chi connectivity index (χ4n) is 4.49. The zero-order chi connectivity index (χ0) is 18.5. The molecule has 27 heavy (non-hydrogen) atoms. The Balaban J connectivity index is 1.48. The van der Waals surface area contributed by atoms with Gasteiger partial charge in [-0.15, -0.1) is 0 Å². The van der Waals surface area contributed by atoms with Crippen molar-refractivity contribution < 1.29 is 9.59 Å². The number of amides is 2. The first-order valence-corrected chi connectivity index (χ1v) is 9.34. The summed E-state index contributed by atoms with van der Waals surface area (Å²) in [4.78, 5) is 37.4. The molecule has 0 unspecified atom stereocenters. The van der Waals surface area contributed by atoms with Gasteiger partial charge < -0.3 is 14.8 Å². The molecule has 8 heteroatoms. The van der Waals surface area contributed by atoms with Crippen molar-refractivity contribution in [3.05, 3.63) is 18.3 Å². The van der Waals surface area contributed by atoms with Crippen molar-refractivity contribution in [2.75, 3.05) is 22.9 Å². The van der Waals surface area contributed by atoms with Crippen LogP contribution in [-0.2, 0) is 9.59 Å². The summed E-state index contributed by atoms with van der Waals surface area (Å²) in [5.41, 5.74) is 1.83. The number of piperazine rings is 1. The van der Waals surface area contributed by atoms with E-state index in [0.29, 0.717) is 12.4 Å². The highest BCUT2D eigenvalue weighted by Crippen LogP contribution is 2.40. The monoisotopic (exact) mass is 364 g/mol. The number of pyridine rings is 1. The predicted molar refractivity (Wildman–Crippen MR) is 99.1 cm³/mol. The molecule has 4 heterocycles. The molecule has 3 fully saturated rings. The Hall–Kier alpha value is -3.08. The third-order valence-corrected chi connectivity index (χ3v) is 5.91. The van der Waals surface area contributed by atoms with Gasteiger partial charge in [-0.25, -0.2) is 4.98 Å². The molecule has 3 aliphatic rings. The Labute approximate surface area is 156 Å². The van der Waals surface area contributed by atoms with Crippen LogP contribution in [-0.4, -0.2) is 58.4 Å². The third-order valence-electron chi connectivity index (χ3n) is 5.91. The predicted octanol–water partition coefficient (Wildman–Crippen LogP) is 1.39. The number of aromatic nitrogens is 2. The Bertz CT molecular complexity index is 959. The molecule has 2 atom stereocenters. The lowest BCUT2D eigenvalue weighted by atomic mass is 10.2. The smallest absolute Gasteiger partial charge is 0.237 e. The topological polar surface area (TPSA) is 96.3 Å². The van der Waals surface area contributed by atoms with E-state index in [1.54, 1.807) is 4.90 Å². The maximum Gasteiger partial charge on any atom is 0.237 e. The number of nitrogens with zero attached hydrogens (tertiary/aromatic N) is 5. The molecule has 2 amide bonds. The fraction of sp³-hybridized carbons (Fsp3) is 0.474. The summed E-state index contributed by atoms with van der Waals surface area (Å²) >= 11 is 0. The maximum absolute atomic E-state index is 12.1. The summed E-state index contributed by atoms with van der Waals surface area (Å²) < 4.78 is 0. The largest absolute Gasteiger partial charge is 0.364 e. The average Bonchev–Trinajstić information content (AvgIpc) is 3.08. The highest BCUT2D eigenvalue weighted by atomic mass is 16.2. The molecule has 5 rings (SSSR count). The summed E-state index contributed by atoms with van der Waals surface area (Å²) in [5, 5.41) is 9.83. The lowest BCUT2D eigenvalue weighted by molar-refractivity contribution is -0.131. The van der Waals surface area contributed by atoms with Crippen molar-refractivity contribution in [1.29, 1.82) is 5.26 Å².